The van der Waals surface area contributed by atoms with Crippen molar-refractivity contribution in [1.82, 2.24) is 0 Å². The van der Waals surface area contributed by atoms with Gasteiger partial charge in [-0.2, -0.15) is 0 Å². The standard InChI is InChI=1S/C26H24N2O5S/c1-32-23-15-14-22(25(33-2)26(23)34(30,31)21-10-4-3-5-11-21)27-17-24(29)28-20-13-12-18-8-6-7-9-19(18)16-20/h3-16,27H,17H2,1-2H3,(H,28,29). The van der Waals surface area contributed by atoms with Crippen LogP contribution >= 0.6 is 0 Å². The number of fused-ring (bicyclic) bond motifs is 1. The summed E-state index contributed by atoms with van der Waals surface area (Å²) in [5.74, 6) is -0.0748. The predicted molar refractivity (Wildman–Crippen MR) is 133 cm³/mol. The largest absolute Gasteiger partial charge is 0.495 e. The van der Waals surface area contributed by atoms with Gasteiger partial charge >= 0.3 is 0 Å². The summed E-state index contributed by atoms with van der Waals surface area (Å²) in [7, 11) is -1.18. The molecule has 2 N–H and O–H groups in total. The molecule has 174 valence electrons. The van der Waals surface area contributed by atoms with Crippen LogP contribution in [0.3, 0.4) is 0 Å². The van der Waals surface area contributed by atoms with E-state index in [-0.39, 0.29) is 33.7 Å². The minimum Gasteiger partial charge on any atom is -0.495 e. The van der Waals surface area contributed by atoms with Crippen LogP contribution in [-0.4, -0.2) is 35.1 Å². The summed E-state index contributed by atoms with van der Waals surface area (Å²) in [5.41, 5.74) is 1.02. The summed E-state index contributed by atoms with van der Waals surface area (Å²) in [6.45, 7) is -0.0969. The molecule has 4 rings (SSSR count). The maximum absolute atomic E-state index is 13.4. The molecule has 0 aliphatic heterocycles. The summed E-state index contributed by atoms with van der Waals surface area (Å²) in [5, 5.41) is 7.92. The molecular weight excluding hydrogens is 452 g/mol. The highest BCUT2D eigenvalue weighted by molar-refractivity contribution is 7.91. The minimum absolute atomic E-state index is 0.0710. The van der Waals surface area contributed by atoms with Crippen molar-refractivity contribution in [3.8, 4) is 11.5 Å². The minimum atomic E-state index is -3.95. The number of anilines is 2. The number of hydrogen-bond donors (Lipinski definition) is 2. The Morgan fingerprint density at radius 3 is 2.24 bits per heavy atom. The van der Waals surface area contributed by atoms with Crippen molar-refractivity contribution < 1.29 is 22.7 Å². The number of rotatable bonds is 8. The first kappa shape index (κ1) is 23.1. The van der Waals surface area contributed by atoms with Crippen LogP contribution in [0, 0.1) is 0 Å². The topological polar surface area (TPSA) is 93.7 Å². The van der Waals surface area contributed by atoms with E-state index in [1.165, 1.54) is 32.4 Å². The second-order valence-electron chi connectivity index (χ2n) is 7.46. The lowest BCUT2D eigenvalue weighted by atomic mass is 10.1. The SMILES string of the molecule is COc1ccc(NCC(=O)Nc2ccc3ccccc3c2)c(OC)c1S(=O)(=O)c1ccccc1. The lowest BCUT2D eigenvalue weighted by Crippen LogP contribution is -2.22. The van der Waals surface area contributed by atoms with Crippen molar-refractivity contribution in [3.63, 3.8) is 0 Å². The van der Waals surface area contributed by atoms with Gasteiger partial charge in [0.2, 0.25) is 15.7 Å². The van der Waals surface area contributed by atoms with Crippen molar-refractivity contribution in [2.24, 2.45) is 0 Å². The van der Waals surface area contributed by atoms with E-state index < -0.39 is 9.84 Å². The predicted octanol–water partition coefficient (Wildman–Crippen LogP) is 4.74. The lowest BCUT2D eigenvalue weighted by molar-refractivity contribution is -0.114. The number of carbonyl (C=O) groups excluding carboxylic acids is 1. The number of hydrogen-bond acceptors (Lipinski definition) is 6. The van der Waals surface area contributed by atoms with Gasteiger partial charge < -0.3 is 20.1 Å². The van der Waals surface area contributed by atoms with Crippen LogP contribution in [0.15, 0.2) is 94.7 Å². The third-order valence-electron chi connectivity index (χ3n) is 5.29. The van der Waals surface area contributed by atoms with E-state index in [1.807, 2.05) is 42.5 Å². The molecule has 0 heterocycles. The van der Waals surface area contributed by atoms with Gasteiger partial charge in [-0.25, -0.2) is 8.42 Å². The van der Waals surface area contributed by atoms with Crippen LogP contribution in [0.2, 0.25) is 0 Å². The molecule has 0 unspecified atom stereocenters. The van der Waals surface area contributed by atoms with E-state index in [2.05, 4.69) is 10.6 Å². The normalized spacial score (nSPS) is 11.1. The summed E-state index contributed by atoms with van der Waals surface area (Å²) < 4.78 is 37.5. The lowest BCUT2D eigenvalue weighted by Gasteiger charge is -2.18. The van der Waals surface area contributed by atoms with Gasteiger partial charge in [-0.1, -0.05) is 48.5 Å². The van der Waals surface area contributed by atoms with Crippen LogP contribution in [0.1, 0.15) is 0 Å². The quantitative estimate of drug-likeness (QED) is 0.382. The Morgan fingerprint density at radius 1 is 0.824 bits per heavy atom. The average Bonchev–Trinajstić information content (AvgIpc) is 2.87. The number of carbonyl (C=O) groups is 1. The zero-order valence-corrected chi connectivity index (χ0v) is 19.6. The average molecular weight is 477 g/mol. The molecule has 0 bridgehead atoms. The van der Waals surface area contributed by atoms with Gasteiger partial charge in [0.1, 0.15) is 5.75 Å². The molecule has 34 heavy (non-hydrogen) atoms. The zero-order valence-electron chi connectivity index (χ0n) is 18.7. The Hall–Kier alpha value is -4.04. The summed E-state index contributed by atoms with van der Waals surface area (Å²) >= 11 is 0. The molecule has 7 nitrogen and oxygen atoms in total. The summed E-state index contributed by atoms with van der Waals surface area (Å²) in [6, 6.07) is 24.7. The van der Waals surface area contributed by atoms with Crippen LogP contribution in [0.5, 0.6) is 11.5 Å². The number of benzene rings is 4. The fourth-order valence-electron chi connectivity index (χ4n) is 3.67. The Labute approximate surface area is 198 Å². The first-order valence-electron chi connectivity index (χ1n) is 10.5. The fraction of sp³-hybridized carbons (Fsp3) is 0.115. The Kier molecular flexibility index (Phi) is 6.70. The molecule has 0 atom stereocenters. The smallest absolute Gasteiger partial charge is 0.243 e. The number of sulfone groups is 1. The molecule has 0 aliphatic rings. The molecule has 4 aromatic carbocycles. The van der Waals surface area contributed by atoms with Crippen LogP contribution in [0.4, 0.5) is 11.4 Å². The Balaban J connectivity index is 1.58. The molecule has 0 saturated carbocycles. The van der Waals surface area contributed by atoms with Crippen molar-refractivity contribution >= 4 is 37.9 Å². The molecule has 0 fully saturated rings. The third-order valence-corrected chi connectivity index (χ3v) is 7.11. The Bertz CT molecular complexity index is 1440. The maximum atomic E-state index is 13.4. The molecule has 1 amide bonds. The zero-order chi connectivity index (χ0) is 24.1. The first-order chi connectivity index (χ1) is 16.4. The van der Waals surface area contributed by atoms with Gasteiger partial charge in [-0.05, 0) is 47.2 Å². The molecule has 4 aromatic rings. The first-order valence-corrected chi connectivity index (χ1v) is 12.0. The van der Waals surface area contributed by atoms with E-state index in [0.29, 0.717) is 11.4 Å². The third kappa shape index (κ3) is 4.67. The van der Waals surface area contributed by atoms with E-state index in [4.69, 9.17) is 9.47 Å². The second-order valence-corrected chi connectivity index (χ2v) is 9.34. The van der Waals surface area contributed by atoms with E-state index in [0.717, 1.165) is 10.8 Å². The van der Waals surface area contributed by atoms with Gasteiger partial charge in [0, 0.05) is 5.69 Å². The summed E-state index contributed by atoms with van der Waals surface area (Å²) in [6.07, 6.45) is 0. The van der Waals surface area contributed by atoms with Crippen molar-refractivity contribution in [3.05, 3.63) is 84.9 Å². The second kappa shape index (κ2) is 9.84. The van der Waals surface area contributed by atoms with E-state index in [9.17, 15) is 13.2 Å². The van der Waals surface area contributed by atoms with Crippen molar-refractivity contribution in [2.45, 2.75) is 9.79 Å². The van der Waals surface area contributed by atoms with Crippen LogP contribution in [-0.2, 0) is 14.6 Å². The van der Waals surface area contributed by atoms with Crippen LogP contribution < -0.4 is 20.1 Å². The van der Waals surface area contributed by atoms with Gasteiger partial charge in [0.05, 0.1) is 31.3 Å². The number of ether oxygens (including phenoxy) is 2. The van der Waals surface area contributed by atoms with Gasteiger partial charge in [-0.15, -0.1) is 0 Å². The highest BCUT2D eigenvalue weighted by Crippen LogP contribution is 2.42. The molecular formula is C26H24N2O5S. The summed E-state index contributed by atoms with van der Waals surface area (Å²) in [4.78, 5) is 12.6. The van der Waals surface area contributed by atoms with Gasteiger partial charge in [0.25, 0.3) is 0 Å². The van der Waals surface area contributed by atoms with Crippen molar-refractivity contribution in [1.29, 1.82) is 0 Å². The van der Waals surface area contributed by atoms with Crippen molar-refractivity contribution in [2.75, 3.05) is 31.4 Å². The number of methoxy groups -OCH3 is 2. The monoisotopic (exact) mass is 476 g/mol. The maximum Gasteiger partial charge on any atom is 0.243 e. The highest BCUT2D eigenvalue weighted by atomic mass is 32.2. The highest BCUT2D eigenvalue weighted by Gasteiger charge is 2.29. The fourth-order valence-corrected chi connectivity index (χ4v) is 5.27. The van der Waals surface area contributed by atoms with Crippen LogP contribution in [0.25, 0.3) is 10.8 Å². The number of amides is 1. The molecule has 0 aromatic heterocycles. The van der Waals surface area contributed by atoms with E-state index >= 15 is 0 Å². The Morgan fingerprint density at radius 2 is 1.53 bits per heavy atom. The van der Waals surface area contributed by atoms with Gasteiger partial charge in [0.15, 0.2) is 10.6 Å². The molecule has 0 spiro atoms. The molecule has 0 aliphatic carbocycles. The molecule has 8 heteroatoms. The van der Waals surface area contributed by atoms with E-state index in [1.54, 1.807) is 24.3 Å². The molecule has 0 radical (unpaired) electrons. The van der Waals surface area contributed by atoms with Gasteiger partial charge in [-0.3, -0.25) is 4.79 Å². The molecule has 0 saturated heterocycles. The number of nitrogens with one attached hydrogen (secondary N) is 2.